The number of aryl methyl sites for hydroxylation is 1. The maximum atomic E-state index is 14.6. The van der Waals surface area contributed by atoms with Gasteiger partial charge in [-0.3, -0.25) is 8.98 Å². The van der Waals surface area contributed by atoms with Crippen molar-refractivity contribution in [3.8, 4) is 23.0 Å². The zero-order valence-corrected chi connectivity index (χ0v) is 47.2. The number of aromatic nitrogens is 4. The van der Waals surface area contributed by atoms with Gasteiger partial charge in [0, 0.05) is 0 Å². The van der Waals surface area contributed by atoms with E-state index in [1.54, 1.807) is 87.0 Å². The fourth-order valence-corrected chi connectivity index (χ4v) is 11.8. The molecule has 2 N–H and O–H groups in total. The molecule has 1 atom stereocenters. The number of hydrogen-bond acceptors (Lipinski definition) is 19. The Hall–Kier alpha value is -7.81. The van der Waals surface area contributed by atoms with Crippen LogP contribution in [0, 0.1) is 6.92 Å². The first-order chi connectivity index (χ1) is 39.2. The smallest absolute Gasteiger partial charge is 0.330 e. The lowest BCUT2D eigenvalue weighted by atomic mass is 9.78. The Bertz CT molecular complexity index is 3520. The van der Waals surface area contributed by atoms with Crippen LogP contribution >= 0.6 is 11.3 Å². The highest BCUT2D eigenvalue weighted by molar-refractivity contribution is 7.91. The number of rotatable bonds is 31. The molecule has 0 unspecified atom stereocenters. The van der Waals surface area contributed by atoms with Crippen LogP contribution in [-0.4, -0.2) is 122 Å². The van der Waals surface area contributed by atoms with Gasteiger partial charge >= 0.3 is 5.97 Å². The second-order valence-corrected chi connectivity index (χ2v) is 22.5. The molecule has 0 saturated carbocycles. The molecule has 1 amide bonds. The van der Waals surface area contributed by atoms with E-state index in [1.807, 2.05) is 67.6 Å². The highest BCUT2D eigenvalue weighted by Gasteiger charge is 2.42. The van der Waals surface area contributed by atoms with Crippen molar-refractivity contribution in [3.63, 3.8) is 0 Å². The summed E-state index contributed by atoms with van der Waals surface area (Å²) in [5, 5.41) is 10.8. The van der Waals surface area contributed by atoms with Crippen LogP contribution in [0.25, 0.3) is 10.2 Å². The van der Waals surface area contributed by atoms with E-state index >= 15 is 0 Å². The van der Waals surface area contributed by atoms with Crippen LogP contribution in [0.4, 0.5) is 0 Å². The van der Waals surface area contributed by atoms with Crippen molar-refractivity contribution in [2.24, 2.45) is 0 Å². The van der Waals surface area contributed by atoms with E-state index in [1.165, 1.54) is 30.1 Å². The van der Waals surface area contributed by atoms with Crippen LogP contribution in [0.3, 0.4) is 0 Å². The number of ether oxygens (including phenoxy) is 8. The van der Waals surface area contributed by atoms with Gasteiger partial charge in [-0.2, -0.15) is 13.1 Å². The van der Waals surface area contributed by atoms with Gasteiger partial charge in [0.1, 0.15) is 54.0 Å². The maximum Gasteiger partial charge on any atom is 0.330 e. The second kappa shape index (κ2) is 28.1. The number of hydrogen-bond donors (Lipinski definition) is 2. The summed E-state index contributed by atoms with van der Waals surface area (Å²) in [7, 11) is -3.86. The number of thiazole rings is 1. The molecule has 0 aliphatic rings. The summed E-state index contributed by atoms with van der Waals surface area (Å²) in [6.07, 6.45) is 1.52. The summed E-state index contributed by atoms with van der Waals surface area (Å²) >= 11 is 0.984. The fourth-order valence-electron chi connectivity index (χ4n) is 8.25. The Labute approximate surface area is 473 Å². The number of fused-ring (bicyclic) bond motifs is 1. The maximum absolute atomic E-state index is 14.6. The molecule has 0 saturated heterocycles. The molecule has 0 aliphatic carbocycles. The van der Waals surface area contributed by atoms with Crippen molar-refractivity contribution in [1.29, 1.82) is 0 Å². The van der Waals surface area contributed by atoms with E-state index in [2.05, 4.69) is 25.3 Å². The lowest BCUT2D eigenvalue weighted by Gasteiger charge is -2.36. The van der Waals surface area contributed by atoms with Crippen molar-refractivity contribution < 1.29 is 68.5 Å². The summed E-state index contributed by atoms with van der Waals surface area (Å²) in [6.45, 7) is 2.41. The summed E-state index contributed by atoms with van der Waals surface area (Å²) < 4.78 is 108. The lowest BCUT2D eigenvalue weighted by Crippen LogP contribution is -2.47. The molecule has 2 aromatic heterocycles. The first kappa shape index (κ1) is 59.3. The Kier molecular flexibility index (Phi) is 20.5. The number of carbonyl (C=O) groups excluding carboxylic acids is 2. The number of methoxy groups -OCH3 is 3. The predicted octanol–water partition coefficient (Wildman–Crippen LogP) is 6.75. The molecule has 0 spiro atoms. The van der Waals surface area contributed by atoms with Gasteiger partial charge in [0.05, 0.1) is 88.9 Å². The minimum absolute atomic E-state index is 0.0403. The number of amides is 1. The normalized spacial score (nSPS) is 12.2. The summed E-state index contributed by atoms with van der Waals surface area (Å²) in [5.41, 5.74) is 3.04. The summed E-state index contributed by atoms with van der Waals surface area (Å²) in [4.78, 5) is 30.5. The van der Waals surface area contributed by atoms with Crippen LogP contribution in [0.15, 0.2) is 161 Å². The number of carbonyl (C=O) groups is 2. The van der Waals surface area contributed by atoms with Crippen molar-refractivity contribution in [3.05, 3.63) is 185 Å². The molecule has 2 heterocycles. The highest BCUT2D eigenvalue weighted by atomic mass is 32.2. The van der Waals surface area contributed by atoms with Gasteiger partial charge in [-0.15, -0.1) is 16.4 Å². The Morgan fingerprint density at radius 1 is 0.654 bits per heavy atom. The molecule has 0 fully saturated rings. The standard InChI is InChI=1S/C57H60N6O15S3/c1-40-13-24-50(25-14-40)81(68,69)78-32-30-74-28-27-73-29-31-76-48-12-8-9-41(33-48)37-75-39-52(55(65)72-4)58-54(64)36-63-35-45(60-62-63)38-77-49-23-26-51-53(34-49)79-56(59-51)80(66,67)61-57(42-10-6-5-7-11-42,43-15-19-46(70-2)20-16-43)44-17-21-47(71-3)22-18-44/h5-26,33-35,52,61H,27-32,36-39H2,1-4H3,(H,58,64)/t52-/m0/s1. The summed E-state index contributed by atoms with van der Waals surface area (Å²) in [6, 6.07) is 41.1. The summed E-state index contributed by atoms with van der Waals surface area (Å²) in [5.74, 6) is 0.916. The van der Waals surface area contributed by atoms with Gasteiger partial charge in [-0.05, 0) is 95.9 Å². The number of benzene rings is 6. The van der Waals surface area contributed by atoms with E-state index in [4.69, 9.17) is 42.1 Å². The van der Waals surface area contributed by atoms with Crippen LogP contribution in [0.2, 0.25) is 0 Å². The first-order valence-corrected chi connectivity index (χ1v) is 29.0. The molecule has 426 valence electrons. The van der Waals surface area contributed by atoms with Crippen molar-refractivity contribution in [1.82, 2.24) is 30.0 Å². The third-order valence-electron chi connectivity index (χ3n) is 12.3. The number of nitrogens with one attached hydrogen (secondary N) is 2. The number of nitrogens with zero attached hydrogens (tertiary/aromatic N) is 4. The molecular weight excluding hydrogens is 1100 g/mol. The van der Waals surface area contributed by atoms with E-state index in [0.29, 0.717) is 55.6 Å². The molecular formula is C57H60N6O15S3. The fraction of sp³-hybridized carbons (Fsp3) is 0.281. The molecule has 24 heteroatoms. The monoisotopic (exact) mass is 1160 g/mol. The zero-order chi connectivity index (χ0) is 57.2. The minimum Gasteiger partial charge on any atom is -0.497 e. The largest absolute Gasteiger partial charge is 0.497 e. The van der Waals surface area contributed by atoms with Crippen molar-refractivity contribution >= 4 is 53.6 Å². The van der Waals surface area contributed by atoms with E-state index in [9.17, 15) is 26.4 Å². The molecule has 0 radical (unpaired) electrons. The Morgan fingerprint density at radius 2 is 1.28 bits per heavy atom. The molecule has 8 aromatic rings. The molecule has 21 nitrogen and oxygen atoms in total. The zero-order valence-electron chi connectivity index (χ0n) is 44.7. The predicted molar refractivity (Wildman–Crippen MR) is 298 cm³/mol. The number of esters is 1. The highest BCUT2D eigenvalue weighted by Crippen LogP contribution is 2.41. The minimum atomic E-state index is -4.33. The van der Waals surface area contributed by atoms with E-state index < -0.39 is 43.6 Å². The topological polar surface area (TPSA) is 253 Å². The van der Waals surface area contributed by atoms with Gasteiger partial charge in [0.2, 0.25) is 10.2 Å². The lowest BCUT2D eigenvalue weighted by molar-refractivity contribution is -0.147. The molecule has 8 rings (SSSR count). The Balaban J connectivity index is 0.792. The van der Waals surface area contributed by atoms with Crippen molar-refractivity contribution in [2.45, 2.75) is 47.5 Å². The average Bonchev–Trinajstić information content (AvgIpc) is 4.28. The first-order valence-electron chi connectivity index (χ1n) is 25.3. The molecule has 81 heavy (non-hydrogen) atoms. The second-order valence-electron chi connectivity index (χ2n) is 18.0. The molecule has 6 aromatic carbocycles. The SMILES string of the molecule is COC(=O)[C@H](COCc1cccc(OCCOCCOCCOS(=O)(=O)c2ccc(C)cc2)c1)NC(=O)Cn1cc(COc2ccc3nc(S(=O)(=O)NC(c4ccccc4)(c4ccc(OC)cc4)c4ccc(OC)cc4)sc3c2)nn1. The van der Waals surface area contributed by atoms with Gasteiger partial charge in [0.15, 0.2) is 6.04 Å². The van der Waals surface area contributed by atoms with Gasteiger partial charge in [-0.25, -0.2) is 22.9 Å². The molecule has 0 aliphatic heterocycles. The van der Waals surface area contributed by atoms with Crippen LogP contribution in [-0.2, 0) is 78.2 Å². The van der Waals surface area contributed by atoms with Gasteiger partial charge in [0.25, 0.3) is 20.1 Å². The van der Waals surface area contributed by atoms with E-state index in [-0.39, 0.29) is 75.2 Å². The van der Waals surface area contributed by atoms with Crippen molar-refractivity contribution in [2.75, 3.05) is 67.6 Å². The number of sulfonamides is 1. The van der Waals surface area contributed by atoms with Crippen LogP contribution in [0.1, 0.15) is 33.5 Å². The van der Waals surface area contributed by atoms with Crippen LogP contribution in [0.5, 0.6) is 23.0 Å². The Morgan fingerprint density at radius 3 is 1.95 bits per heavy atom. The van der Waals surface area contributed by atoms with Gasteiger partial charge in [-0.1, -0.05) is 89.6 Å². The molecule has 0 bridgehead atoms. The quantitative estimate of drug-likeness (QED) is 0.0197. The average molecular weight is 1170 g/mol. The van der Waals surface area contributed by atoms with E-state index in [0.717, 1.165) is 22.5 Å². The van der Waals surface area contributed by atoms with Crippen LogP contribution < -0.4 is 29.0 Å². The third-order valence-corrected chi connectivity index (χ3v) is 16.5. The third kappa shape index (κ3) is 16.0. The van der Waals surface area contributed by atoms with Gasteiger partial charge < -0.3 is 43.2 Å².